The van der Waals surface area contributed by atoms with Gasteiger partial charge >= 0.3 is 0 Å². The number of carbonyl (C=O) groups is 1. The van der Waals surface area contributed by atoms with E-state index < -0.39 is 0 Å². The van der Waals surface area contributed by atoms with Gasteiger partial charge in [0.1, 0.15) is 0 Å². The van der Waals surface area contributed by atoms with Gasteiger partial charge in [0.25, 0.3) is 5.91 Å². The quantitative estimate of drug-likeness (QED) is 0.854. The van der Waals surface area contributed by atoms with Crippen molar-refractivity contribution in [1.82, 2.24) is 19.2 Å². The molecular weight excluding hydrogens is 312 g/mol. The number of nitrogens with zero attached hydrogens (tertiary/aromatic N) is 4. The average Bonchev–Trinajstić information content (AvgIpc) is 3.11. The molecule has 0 N–H and O–H groups in total. The standard InChI is InChI=1S/C20H28N4O/c1-12-11-17(14(3)24(12)16-8-9-16)20(25)23-10-6-7-18(23)19-13(2)21-22(5)15(19)4/h11,16,18H,6-10H2,1-5H3/t18-/m1/s1. The molecule has 0 spiro atoms. The van der Waals surface area contributed by atoms with Crippen molar-refractivity contribution in [3.05, 3.63) is 40.0 Å². The third-order valence-corrected chi connectivity index (χ3v) is 6.04. The predicted molar refractivity (Wildman–Crippen MR) is 97.9 cm³/mol. The lowest BCUT2D eigenvalue weighted by molar-refractivity contribution is 0.0734. The van der Waals surface area contributed by atoms with Crippen LogP contribution in [-0.2, 0) is 7.05 Å². The van der Waals surface area contributed by atoms with Crippen LogP contribution in [0, 0.1) is 27.7 Å². The van der Waals surface area contributed by atoms with Crippen LogP contribution >= 0.6 is 0 Å². The molecule has 1 aliphatic heterocycles. The molecule has 1 aliphatic carbocycles. The van der Waals surface area contributed by atoms with E-state index in [2.05, 4.69) is 48.3 Å². The summed E-state index contributed by atoms with van der Waals surface area (Å²) in [5.74, 6) is 0.185. The van der Waals surface area contributed by atoms with Crippen molar-refractivity contribution >= 4 is 5.91 Å². The molecule has 2 aromatic rings. The molecule has 0 unspecified atom stereocenters. The zero-order chi connectivity index (χ0) is 17.9. The smallest absolute Gasteiger partial charge is 0.256 e. The lowest BCUT2D eigenvalue weighted by Crippen LogP contribution is -2.31. The van der Waals surface area contributed by atoms with Gasteiger partial charge in [-0.3, -0.25) is 9.48 Å². The first-order valence-electron chi connectivity index (χ1n) is 9.39. The van der Waals surface area contributed by atoms with Gasteiger partial charge in [-0.25, -0.2) is 0 Å². The van der Waals surface area contributed by atoms with Crippen LogP contribution in [0.3, 0.4) is 0 Å². The van der Waals surface area contributed by atoms with Gasteiger partial charge in [-0.05, 0) is 59.4 Å². The molecule has 5 heteroatoms. The molecule has 0 radical (unpaired) electrons. The Balaban J connectivity index is 1.69. The molecule has 2 aromatic heterocycles. The third kappa shape index (κ3) is 2.52. The fraction of sp³-hybridized carbons (Fsp3) is 0.600. The van der Waals surface area contributed by atoms with Crippen LogP contribution in [0.25, 0.3) is 0 Å². The molecule has 4 rings (SSSR count). The van der Waals surface area contributed by atoms with Gasteiger partial charge in [0.15, 0.2) is 0 Å². The minimum atomic E-state index is 0.158. The van der Waals surface area contributed by atoms with Crippen molar-refractivity contribution in [2.24, 2.45) is 7.05 Å². The van der Waals surface area contributed by atoms with Crippen molar-refractivity contribution in [2.45, 2.75) is 65.5 Å². The Labute approximate surface area is 149 Å². The molecule has 1 saturated carbocycles. The third-order valence-electron chi connectivity index (χ3n) is 6.04. The highest BCUT2D eigenvalue weighted by Gasteiger charge is 2.36. The van der Waals surface area contributed by atoms with E-state index in [-0.39, 0.29) is 11.9 Å². The van der Waals surface area contributed by atoms with Crippen molar-refractivity contribution < 1.29 is 4.79 Å². The summed E-state index contributed by atoms with van der Waals surface area (Å²) in [4.78, 5) is 15.5. The Morgan fingerprint density at radius 2 is 1.84 bits per heavy atom. The number of likely N-dealkylation sites (tertiary alicyclic amines) is 1. The maximum absolute atomic E-state index is 13.4. The zero-order valence-electron chi connectivity index (χ0n) is 16.0. The highest BCUT2D eigenvalue weighted by Crippen LogP contribution is 2.40. The van der Waals surface area contributed by atoms with E-state index in [4.69, 9.17) is 0 Å². The topological polar surface area (TPSA) is 43.1 Å². The Bertz CT molecular complexity index is 840. The van der Waals surface area contributed by atoms with E-state index in [9.17, 15) is 4.79 Å². The maximum atomic E-state index is 13.4. The molecule has 25 heavy (non-hydrogen) atoms. The first-order chi connectivity index (χ1) is 11.9. The first kappa shape index (κ1) is 16.4. The van der Waals surface area contributed by atoms with Crippen molar-refractivity contribution in [3.8, 4) is 0 Å². The van der Waals surface area contributed by atoms with Crippen molar-refractivity contribution in [1.29, 1.82) is 0 Å². The summed E-state index contributed by atoms with van der Waals surface area (Å²) in [6.45, 7) is 9.23. The van der Waals surface area contributed by atoms with Crippen molar-refractivity contribution in [2.75, 3.05) is 6.54 Å². The average molecular weight is 340 g/mol. The SMILES string of the molecule is Cc1nn(C)c(C)c1[C@H]1CCCN1C(=O)c1cc(C)n(C2CC2)c1C. The Hall–Kier alpha value is -2.04. The highest BCUT2D eigenvalue weighted by molar-refractivity contribution is 5.96. The van der Waals surface area contributed by atoms with E-state index in [0.29, 0.717) is 6.04 Å². The minimum Gasteiger partial charge on any atom is -0.345 e. The number of carbonyl (C=O) groups excluding carboxylic acids is 1. The molecule has 2 aliphatic rings. The van der Waals surface area contributed by atoms with E-state index in [0.717, 1.165) is 36.3 Å². The molecule has 1 saturated heterocycles. The molecule has 3 heterocycles. The summed E-state index contributed by atoms with van der Waals surface area (Å²) < 4.78 is 4.30. The second kappa shape index (κ2) is 5.75. The Morgan fingerprint density at radius 1 is 1.12 bits per heavy atom. The van der Waals surface area contributed by atoms with Gasteiger partial charge in [0, 0.05) is 42.3 Å². The fourth-order valence-electron chi connectivity index (χ4n) is 4.63. The molecule has 1 amide bonds. The number of rotatable bonds is 3. The van der Waals surface area contributed by atoms with Gasteiger partial charge in [0.2, 0.25) is 0 Å². The molecule has 2 fully saturated rings. The second-order valence-electron chi connectivity index (χ2n) is 7.75. The van der Waals surface area contributed by atoms with E-state index in [1.165, 1.54) is 29.8 Å². The van der Waals surface area contributed by atoms with E-state index in [1.807, 2.05) is 11.7 Å². The lowest BCUT2D eigenvalue weighted by atomic mass is 10.0. The predicted octanol–water partition coefficient (Wildman–Crippen LogP) is 3.77. The van der Waals surface area contributed by atoms with Gasteiger partial charge in [-0.15, -0.1) is 0 Å². The number of hydrogen-bond donors (Lipinski definition) is 0. The van der Waals surface area contributed by atoms with Gasteiger partial charge < -0.3 is 9.47 Å². The molecule has 0 bridgehead atoms. The summed E-state index contributed by atoms with van der Waals surface area (Å²) in [6, 6.07) is 2.86. The molecule has 0 aromatic carbocycles. The zero-order valence-corrected chi connectivity index (χ0v) is 16.0. The molecule has 1 atom stereocenters. The van der Waals surface area contributed by atoms with Crippen molar-refractivity contribution in [3.63, 3.8) is 0 Å². The van der Waals surface area contributed by atoms with Gasteiger partial charge in [-0.1, -0.05) is 0 Å². The first-order valence-corrected chi connectivity index (χ1v) is 9.39. The summed E-state index contributed by atoms with van der Waals surface area (Å²) in [5, 5.41) is 4.56. The summed E-state index contributed by atoms with van der Waals surface area (Å²) in [7, 11) is 1.98. The monoisotopic (exact) mass is 340 g/mol. The Kier molecular flexibility index (Phi) is 3.78. The normalized spacial score (nSPS) is 20.5. The number of hydrogen-bond acceptors (Lipinski definition) is 2. The van der Waals surface area contributed by atoms with Crippen LogP contribution in [0.5, 0.6) is 0 Å². The fourth-order valence-corrected chi connectivity index (χ4v) is 4.63. The van der Waals surface area contributed by atoms with E-state index in [1.54, 1.807) is 0 Å². The molecule has 5 nitrogen and oxygen atoms in total. The molecular formula is C20H28N4O. The number of aryl methyl sites for hydroxylation is 3. The lowest BCUT2D eigenvalue weighted by Gasteiger charge is -2.25. The van der Waals surface area contributed by atoms with Gasteiger partial charge in [-0.2, -0.15) is 5.10 Å². The van der Waals surface area contributed by atoms with Crippen LogP contribution < -0.4 is 0 Å². The summed E-state index contributed by atoms with van der Waals surface area (Å²) in [6.07, 6.45) is 4.57. The van der Waals surface area contributed by atoms with E-state index >= 15 is 0 Å². The summed E-state index contributed by atoms with van der Waals surface area (Å²) in [5.41, 5.74) is 6.70. The van der Waals surface area contributed by atoms with Gasteiger partial charge in [0.05, 0.1) is 17.3 Å². The second-order valence-corrected chi connectivity index (χ2v) is 7.75. The minimum absolute atomic E-state index is 0.158. The van der Waals surface area contributed by atoms with Crippen LogP contribution in [0.15, 0.2) is 6.07 Å². The van der Waals surface area contributed by atoms with Crippen LogP contribution in [0.1, 0.15) is 76.5 Å². The summed E-state index contributed by atoms with van der Waals surface area (Å²) >= 11 is 0. The highest BCUT2D eigenvalue weighted by atomic mass is 16.2. The van der Waals surface area contributed by atoms with Crippen LogP contribution in [-0.4, -0.2) is 31.7 Å². The largest absolute Gasteiger partial charge is 0.345 e. The maximum Gasteiger partial charge on any atom is 0.256 e. The number of aromatic nitrogens is 3. The van der Waals surface area contributed by atoms with Crippen LogP contribution in [0.4, 0.5) is 0 Å². The molecule has 134 valence electrons. The Morgan fingerprint density at radius 3 is 2.44 bits per heavy atom. The number of amides is 1. The van der Waals surface area contributed by atoms with Crippen LogP contribution in [0.2, 0.25) is 0 Å².